The van der Waals surface area contributed by atoms with Gasteiger partial charge in [0.2, 0.25) is 0 Å². The van der Waals surface area contributed by atoms with Crippen LogP contribution in [0.4, 0.5) is 0 Å². The second kappa shape index (κ2) is 8.90. The summed E-state index contributed by atoms with van der Waals surface area (Å²) in [6.07, 6.45) is 3.64. The number of ether oxygens (including phenoxy) is 1. The van der Waals surface area contributed by atoms with E-state index in [0.29, 0.717) is 42.6 Å². The fraction of sp³-hybridized carbons (Fsp3) is 0.435. The van der Waals surface area contributed by atoms with Gasteiger partial charge in [0, 0.05) is 57.9 Å². The Morgan fingerprint density at radius 3 is 2.16 bits per heavy atom. The predicted molar refractivity (Wildman–Crippen MR) is 122 cm³/mol. The fourth-order valence-corrected chi connectivity index (χ4v) is 6.44. The zero-order valence-electron chi connectivity index (χ0n) is 17.2. The molecule has 0 fully saturated rings. The van der Waals surface area contributed by atoms with E-state index in [0.717, 1.165) is 38.7 Å². The Morgan fingerprint density at radius 2 is 1.65 bits per heavy atom. The minimum absolute atomic E-state index is 0.0228. The molecule has 0 bridgehead atoms. The van der Waals surface area contributed by atoms with Gasteiger partial charge in [0.05, 0.1) is 18.0 Å². The molecule has 1 heterocycles. The first kappa shape index (κ1) is 22.3. The Balaban J connectivity index is 1.99. The van der Waals surface area contributed by atoms with Crippen molar-refractivity contribution in [2.24, 2.45) is 0 Å². The highest BCUT2D eigenvalue weighted by atomic mass is 79.9. The zero-order valence-corrected chi connectivity index (χ0v) is 20.3. The van der Waals surface area contributed by atoms with Gasteiger partial charge in [-0.1, -0.05) is 15.9 Å². The van der Waals surface area contributed by atoms with E-state index in [1.165, 1.54) is 0 Å². The highest BCUT2D eigenvalue weighted by Gasteiger charge is 2.44. The number of methoxy groups -OCH3 is 1. The Morgan fingerprint density at radius 1 is 1.06 bits per heavy atom. The molecule has 0 radical (unpaired) electrons. The van der Waals surface area contributed by atoms with Crippen LogP contribution in [0.3, 0.4) is 0 Å². The number of carboxylic acid groups (broad SMARTS) is 1. The van der Waals surface area contributed by atoms with Crippen LogP contribution in [-0.2, 0) is 14.4 Å². The number of benzene rings is 1. The molecule has 2 aliphatic carbocycles. The number of rotatable bonds is 5. The maximum Gasteiger partial charge on any atom is 0.305 e. The standard InChI is InChI=1S/C23H23Br2NO5/c1-31-23-13(10-12(24)11-14(23)25)20-21-15(4-2-6-17(21)27)26(9-8-19(29)30)16-5-3-7-18(28)22(16)20/h10-11,20H,2-9H2,1H3,(H,29,30). The molecule has 0 amide bonds. The maximum absolute atomic E-state index is 13.2. The van der Waals surface area contributed by atoms with Gasteiger partial charge in [-0.05, 0) is 53.7 Å². The van der Waals surface area contributed by atoms with Crippen LogP contribution in [0.15, 0.2) is 43.6 Å². The number of carbonyl (C=O) groups excluding carboxylic acids is 2. The minimum atomic E-state index is -0.895. The molecule has 1 N–H and O–H groups in total. The molecule has 8 heteroatoms. The van der Waals surface area contributed by atoms with Gasteiger partial charge in [0.25, 0.3) is 0 Å². The number of hydrogen-bond donors (Lipinski definition) is 1. The Bertz CT molecular complexity index is 999. The number of Topliss-reactive ketones (excluding diaryl/α,β-unsaturated/α-hetero) is 2. The molecule has 0 spiro atoms. The van der Waals surface area contributed by atoms with Crippen LogP contribution in [-0.4, -0.2) is 41.2 Å². The van der Waals surface area contributed by atoms with Crippen molar-refractivity contribution in [3.63, 3.8) is 0 Å². The topological polar surface area (TPSA) is 83.9 Å². The molecule has 31 heavy (non-hydrogen) atoms. The van der Waals surface area contributed by atoms with Crippen molar-refractivity contribution in [3.8, 4) is 5.75 Å². The largest absolute Gasteiger partial charge is 0.495 e. The van der Waals surface area contributed by atoms with Crippen molar-refractivity contribution in [1.29, 1.82) is 0 Å². The quantitative estimate of drug-likeness (QED) is 0.546. The Kier molecular flexibility index (Phi) is 6.40. The lowest BCUT2D eigenvalue weighted by atomic mass is 9.70. The molecule has 0 saturated carbocycles. The summed E-state index contributed by atoms with van der Waals surface area (Å²) in [4.78, 5) is 39.8. The monoisotopic (exact) mass is 551 g/mol. The average molecular weight is 553 g/mol. The van der Waals surface area contributed by atoms with Crippen LogP contribution in [0.2, 0.25) is 0 Å². The predicted octanol–water partition coefficient (Wildman–Crippen LogP) is 5.11. The van der Waals surface area contributed by atoms with Crippen LogP contribution in [0.25, 0.3) is 0 Å². The molecule has 1 aromatic rings. The Hall–Kier alpha value is -1.93. The summed E-state index contributed by atoms with van der Waals surface area (Å²) >= 11 is 7.09. The summed E-state index contributed by atoms with van der Waals surface area (Å²) in [5, 5.41) is 9.28. The molecular weight excluding hydrogens is 530 g/mol. The number of nitrogens with zero attached hydrogens (tertiary/aromatic N) is 1. The van der Waals surface area contributed by atoms with Gasteiger partial charge in [-0.3, -0.25) is 14.4 Å². The van der Waals surface area contributed by atoms with Crippen LogP contribution in [0, 0.1) is 0 Å². The van der Waals surface area contributed by atoms with Crippen LogP contribution in [0.5, 0.6) is 5.75 Å². The van der Waals surface area contributed by atoms with Crippen LogP contribution >= 0.6 is 31.9 Å². The molecule has 3 aliphatic rings. The summed E-state index contributed by atoms with van der Waals surface area (Å²) in [6, 6.07) is 3.79. The Labute approximate surface area is 197 Å². The molecule has 6 nitrogen and oxygen atoms in total. The van der Waals surface area contributed by atoms with Crippen molar-refractivity contribution in [1.82, 2.24) is 4.90 Å². The summed E-state index contributed by atoms with van der Waals surface area (Å²) in [6.45, 7) is 0.263. The molecule has 1 aromatic carbocycles. The number of aliphatic carboxylic acids is 1. The van der Waals surface area contributed by atoms with E-state index >= 15 is 0 Å². The first-order chi connectivity index (χ1) is 14.8. The van der Waals surface area contributed by atoms with E-state index in [9.17, 15) is 19.5 Å². The lowest BCUT2D eigenvalue weighted by molar-refractivity contribution is -0.137. The van der Waals surface area contributed by atoms with Crippen molar-refractivity contribution >= 4 is 49.4 Å². The number of halogens is 2. The fourth-order valence-electron chi connectivity index (χ4n) is 5.01. The lowest BCUT2D eigenvalue weighted by Crippen LogP contribution is -2.40. The highest BCUT2D eigenvalue weighted by Crippen LogP contribution is 2.52. The van der Waals surface area contributed by atoms with E-state index in [-0.39, 0.29) is 24.5 Å². The van der Waals surface area contributed by atoms with Gasteiger partial charge in [-0.2, -0.15) is 0 Å². The van der Waals surface area contributed by atoms with E-state index < -0.39 is 11.9 Å². The molecule has 0 saturated heterocycles. The first-order valence-electron chi connectivity index (χ1n) is 10.4. The normalized spacial score (nSPS) is 19.5. The van der Waals surface area contributed by atoms with Crippen LogP contribution in [0.1, 0.15) is 56.4 Å². The van der Waals surface area contributed by atoms with Crippen molar-refractivity contribution in [3.05, 3.63) is 49.2 Å². The third-order valence-electron chi connectivity index (χ3n) is 6.19. The number of hydrogen-bond acceptors (Lipinski definition) is 5. The maximum atomic E-state index is 13.2. The second-order valence-electron chi connectivity index (χ2n) is 8.01. The summed E-state index contributed by atoms with van der Waals surface area (Å²) < 4.78 is 7.25. The minimum Gasteiger partial charge on any atom is -0.495 e. The second-order valence-corrected chi connectivity index (χ2v) is 9.78. The molecule has 0 unspecified atom stereocenters. The van der Waals surface area contributed by atoms with Gasteiger partial charge in [-0.15, -0.1) is 0 Å². The lowest BCUT2D eigenvalue weighted by Gasteiger charge is -2.44. The van der Waals surface area contributed by atoms with Gasteiger partial charge < -0.3 is 14.7 Å². The van der Waals surface area contributed by atoms with Crippen LogP contribution < -0.4 is 4.74 Å². The number of carboxylic acids is 1. The van der Waals surface area contributed by atoms with Crippen molar-refractivity contribution < 1.29 is 24.2 Å². The number of allylic oxidation sites excluding steroid dienone is 4. The molecular formula is C23H23Br2NO5. The molecule has 164 valence electrons. The van der Waals surface area contributed by atoms with Gasteiger partial charge in [0.15, 0.2) is 11.6 Å². The van der Waals surface area contributed by atoms with E-state index in [4.69, 9.17) is 4.74 Å². The molecule has 0 atom stereocenters. The first-order valence-corrected chi connectivity index (χ1v) is 12.0. The smallest absolute Gasteiger partial charge is 0.305 e. The van der Waals surface area contributed by atoms with Gasteiger partial charge in [-0.25, -0.2) is 0 Å². The van der Waals surface area contributed by atoms with E-state index in [1.54, 1.807) is 7.11 Å². The third kappa shape index (κ3) is 4.00. The van der Waals surface area contributed by atoms with E-state index in [1.807, 2.05) is 17.0 Å². The van der Waals surface area contributed by atoms with Crippen molar-refractivity contribution in [2.75, 3.05) is 13.7 Å². The number of carbonyl (C=O) groups is 3. The highest BCUT2D eigenvalue weighted by molar-refractivity contribution is 9.11. The summed E-state index contributed by atoms with van der Waals surface area (Å²) in [7, 11) is 1.58. The molecule has 4 rings (SSSR count). The van der Waals surface area contributed by atoms with E-state index in [2.05, 4.69) is 31.9 Å². The third-order valence-corrected chi connectivity index (χ3v) is 7.23. The zero-order chi connectivity index (χ0) is 22.3. The summed E-state index contributed by atoms with van der Waals surface area (Å²) in [5.74, 6) is -0.754. The average Bonchev–Trinajstić information content (AvgIpc) is 2.71. The SMILES string of the molecule is COc1c(Br)cc(Br)cc1C1C2=C(CCCC2=O)N(CCC(=O)O)C2=C1C(=O)CCC2. The van der Waals surface area contributed by atoms with Gasteiger partial charge in [0.1, 0.15) is 5.75 Å². The molecule has 0 aromatic heterocycles. The van der Waals surface area contributed by atoms with Gasteiger partial charge >= 0.3 is 5.97 Å². The molecule has 1 aliphatic heterocycles. The van der Waals surface area contributed by atoms with Crippen molar-refractivity contribution in [2.45, 2.75) is 50.9 Å². The number of ketones is 2. The summed E-state index contributed by atoms with van der Waals surface area (Å²) in [5.41, 5.74) is 3.75.